The Hall–Kier alpha value is -1.32. The summed E-state index contributed by atoms with van der Waals surface area (Å²) in [6.45, 7) is 4.65. The standard InChI is InChI=1S/C14H17NOS/c1-10(2)16-12-5-3-11(4-6-12)13-7-8-17-14(13)9-15/h3-8,10H,9,15H2,1-2H3. The van der Waals surface area contributed by atoms with Crippen LogP contribution in [0, 0.1) is 0 Å². The maximum atomic E-state index is 5.71. The van der Waals surface area contributed by atoms with E-state index in [4.69, 9.17) is 10.5 Å². The van der Waals surface area contributed by atoms with Crippen molar-refractivity contribution in [3.63, 3.8) is 0 Å². The van der Waals surface area contributed by atoms with Crippen molar-refractivity contribution in [1.29, 1.82) is 0 Å². The number of hydrogen-bond acceptors (Lipinski definition) is 3. The van der Waals surface area contributed by atoms with Crippen LogP contribution in [-0.2, 0) is 6.54 Å². The van der Waals surface area contributed by atoms with E-state index in [2.05, 4.69) is 23.6 Å². The second kappa shape index (κ2) is 5.34. The summed E-state index contributed by atoms with van der Waals surface area (Å²) in [6.07, 6.45) is 0.210. The lowest BCUT2D eigenvalue weighted by atomic mass is 10.1. The topological polar surface area (TPSA) is 35.2 Å². The fourth-order valence-electron chi connectivity index (χ4n) is 1.74. The molecule has 2 aromatic rings. The molecule has 1 aromatic carbocycles. The van der Waals surface area contributed by atoms with E-state index in [9.17, 15) is 0 Å². The third-order valence-corrected chi connectivity index (χ3v) is 3.41. The molecule has 0 saturated carbocycles. The lowest BCUT2D eigenvalue weighted by Gasteiger charge is -2.10. The third kappa shape index (κ3) is 2.87. The summed E-state index contributed by atoms with van der Waals surface area (Å²) in [5, 5.41) is 2.08. The van der Waals surface area contributed by atoms with E-state index in [1.807, 2.05) is 26.0 Å². The van der Waals surface area contributed by atoms with Gasteiger partial charge in [0.25, 0.3) is 0 Å². The molecule has 0 fully saturated rings. The lowest BCUT2D eigenvalue weighted by Crippen LogP contribution is -2.05. The molecule has 3 heteroatoms. The van der Waals surface area contributed by atoms with Crippen LogP contribution in [0.15, 0.2) is 35.7 Å². The summed E-state index contributed by atoms with van der Waals surface area (Å²) in [7, 11) is 0. The number of benzene rings is 1. The van der Waals surface area contributed by atoms with E-state index in [1.165, 1.54) is 16.0 Å². The molecule has 2 N–H and O–H groups in total. The monoisotopic (exact) mass is 247 g/mol. The molecule has 0 saturated heterocycles. The summed E-state index contributed by atoms with van der Waals surface area (Å²) < 4.78 is 5.62. The van der Waals surface area contributed by atoms with Crippen LogP contribution in [0.2, 0.25) is 0 Å². The first kappa shape index (κ1) is 12.1. The average Bonchev–Trinajstić information content (AvgIpc) is 2.77. The van der Waals surface area contributed by atoms with E-state index in [0.717, 1.165) is 5.75 Å². The van der Waals surface area contributed by atoms with Crippen LogP contribution in [0.1, 0.15) is 18.7 Å². The minimum atomic E-state index is 0.210. The zero-order valence-electron chi connectivity index (χ0n) is 10.1. The molecule has 0 spiro atoms. The van der Waals surface area contributed by atoms with Crippen molar-refractivity contribution >= 4 is 11.3 Å². The van der Waals surface area contributed by atoms with E-state index in [0.29, 0.717) is 6.54 Å². The molecule has 0 atom stereocenters. The van der Waals surface area contributed by atoms with Gasteiger partial charge in [0.05, 0.1) is 6.10 Å². The first-order valence-electron chi connectivity index (χ1n) is 5.74. The van der Waals surface area contributed by atoms with Crippen molar-refractivity contribution in [2.24, 2.45) is 5.73 Å². The molecular weight excluding hydrogens is 230 g/mol. The molecule has 2 rings (SSSR count). The van der Waals surface area contributed by atoms with Gasteiger partial charge in [-0.05, 0) is 48.6 Å². The minimum absolute atomic E-state index is 0.210. The summed E-state index contributed by atoms with van der Waals surface area (Å²) in [6, 6.07) is 10.3. The quantitative estimate of drug-likeness (QED) is 0.894. The number of thiophene rings is 1. The molecule has 0 aliphatic rings. The molecule has 17 heavy (non-hydrogen) atoms. The Morgan fingerprint density at radius 2 is 1.88 bits per heavy atom. The van der Waals surface area contributed by atoms with Gasteiger partial charge < -0.3 is 10.5 Å². The molecular formula is C14H17NOS. The van der Waals surface area contributed by atoms with Crippen molar-refractivity contribution in [2.75, 3.05) is 0 Å². The zero-order valence-corrected chi connectivity index (χ0v) is 11.0. The maximum absolute atomic E-state index is 5.71. The molecule has 90 valence electrons. The lowest BCUT2D eigenvalue weighted by molar-refractivity contribution is 0.242. The van der Waals surface area contributed by atoms with Gasteiger partial charge in [-0.15, -0.1) is 11.3 Å². The van der Waals surface area contributed by atoms with Gasteiger partial charge in [-0.2, -0.15) is 0 Å². The summed E-state index contributed by atoms with van der Waals surface area (Å²) in [5.74, 6) is 0.910. The van der Waals surface area contributed by atoms with Crippen LogP contribution in [0.4, 0.5) is 0 Å². The highest BCUT2D eigenvalue weighted by Crippen LogP contribution is 2.29. The van der Waals surface area contributed by atoms with Crippen LogP contribution in [0.3, 0.4) is 0 Å². The second-order valence-corrected chi connectivity index (χ2v) is 5.15. The molecule has 0 radical (unpaired) electrons. The normalized spacial score (nSPS) is 10.8. The van der Waals surface area contributed by atoms with Crippen molar-refractivity contribution in [3.05, 3.63) is 40.6 Å². The fourth-order valence-corrected chi connectivity index (χ4v) is 2.52. The molecule has 2 nitrogen and oxygen atoms in total. The fraction of sp³-hybridized carbons (Fsp3) is 0.286. The van der Waals surface area contributed by atoms with Crippen LogP contribution in [0.25, 0.3) is 11.1 Å². The molecule has 0 amide bonds. The van der Waals surface area contributed by atoms with E-state index < -0.39 is 0 Å². The Morgan fingerprint density at radius 3 is 2.47 bits per heavy atom. The van der Waals surface area contributed by atoms with Crippen molar-refractivity contribution in [3.8, 4) is 16.9 Å². The first-order valence-corrected chi connectivity index (χ1v) is 6.62. The molecule has 0 aliphatic carbocycles. The molecule has 1 heterocycles. The number of nitrogens with two attached hydrogens (primary N) is 1. The number of rotatable bonds is 4. The van der Waals surface area contributed by atoms with Gasteiger partial charge in [-0.25, -0.2) is 0 Å². The summed E-state index contributed by atoms with van der Waals surface area (Å²) in [4.78, 5) is 1.22. The van der Waals surface area contributed by atoms with Gasteiger partial charge in [0, 0.05) is 11.4 Å². The first-order chi connectivity index (χ1) is 8.20. The van der Waals surface area contributed by atoms with E-state index in [1.54, 1.807) is 11.3 Å². The van der Waals surface area contributed by atoms with E-state index in [-0.39, 0.29) is 6.10 Å². The molecule has 0 aliphatic heterocycles. The van der Waals surface area contributed by atoms with Gasteiger partial charge in [0.15, 0.2) is 0 Å². The predicted octanol–water partition coefficient (Wildman–Crippen LogP) is 3.66. The Kier molecular flexibility index (Phi) is 3.82. The zero-order chi connectivity index (χ0) is 12.3. The highest BCUT2D eigenvalue weighted by atomic mass is 32.1. The summed E-state index contributed by atoms with van der Waals surface area (Å²) in [5.41, 5.74) is 8.14. The third-order valence-electron chi connectivity index (χ3n) is 2.47. The Labute approximate surface area is 106 Å². The molecule has 0 unspecified atom stereocenters. The molecule has 0 bridgehead atoms. The Morgan fingerprint density at radius 1 is 1.18 bits per heavy atom. The van der Waals surface area contributed by atoms with Gasteiger partial charge in [0.1, 0.15) is 5.75 Å². The number of hydrogen-bond donors (Lipinski definition) is 1. The van der Waals surface area contributed by atoms with Gasteiger partial charge in [-0.3, -0.25) is 0 Å². The largest absolute Gasteiger partial charge is 0.491 e. The van der Waals surface area contributed by atoms with Crippen LogP contribution < -0.4 is 10.5 Å². The van der Waals surface area contributed by atoms with Gasteiger partial charge in [-0.1, -0.05) is 12.1 Å². The summed E-state index contributed by atoms with van der Waals surface area (Å²) >= 11 is 1.70. The smallest absolute Gasteiger partial charge is 0.119 e. The highest BCUT2D eigenvalue weighted by molar-refractivity contribution is 7.10. The van der Waals surface area contributed by atoms with Crippen LogP contribution in [0.5, 0.6) is 5.75 Å². The Bertz CT molecular complexity index is 473. The number of ether oxygens (including phenoxy) is 1. The second-order valence-electron chi connectivity index (χ2n) is 4.15. The van der Waals surface area contributed by atoms with Crippen molar-refractivity contribution in [2.45, 2.75) is 26.5 Å². The molecule has 1 aromatic heterocycles. The predicted molar refractivity (Wildman–Crippen MR) is 73.4 cm³/mol. The Balaban J connectivity index is 2.23. The van der Waals surface area contributed by atoms with Crippen LogP contribution in [-0.4, -0.2) is 6.10 Å². The van der Waals surface area contributed by atoms with Gasteiger partial charge >= 0.3 is 0 Å². The maximum Gasteiger partial charge on any atom is 0.119 e. The SMILES string of the molecule is CC(C)Oc1ccc(-c2ccsc2CN)cc1. The van der Waals surface area contributed by atoms with Crippen LogP contribution >= 0.6 is 11.3 Å². The van der Waals surface area contributed by atoms with E-state index >= 15 is 0 Å². The minimum Gasteiger partial charge on any atom is -0.491 e. The van der Waals surface area contributed by atoms with Crippen molar-refractivity contribution < 1.29 is 4.74 Å². The van der Waals surface area contributed by atoms with Gasteiger partial charge in [0.2, 0.25) is 0 Å². The van der Waals surface area contributed by atoms with Crippen molar-refractivity contribution in [1.82, 2.24) is 0 Å². The highest BCUT2D eigenvalue weighted by Gasteiger charge is 2.05. The average molecular weight is 247 g/mol.